The zero-order valence-corrected chi connectivity index (χ0v) is 16.8. The zero-order valence-electron chi connectivity index (χ0n) is 16.0. The van der Waals surface area contributed by atoms with E-state index in [4.69, 9.17) is 11.2 Å². The number of nitrogens with zero attached hydrogens (tertiary/aromatic N) is 5. The molecule has 0 unspecified atom stereocenters. The average molecular weight is 408 g/mol. The number of aromatic nitrogens is 3. The van der Waals surface area contributed by atoms with E-state index in [0.717, 1.165) is 29.1 Å². The summed E-state index contributed by atoms with van der Waals surface area (Å²) in [5.41, 5.74) is 2.44. The van der Waals surface area contributed by atoms with Crippen LogP contribution in [-0.4, -0.2) is 65.7 Å². The normalized spacial score (nSPS) is 14.1. The minimum atomic E-state index is 0.0293. The number of nitrogens with one attached hydrogen (secondary N) is 1. The van der Waals surface area contributed by atoms with Gasteiger partial charge in [-0.2, -0.15) is 0 Å². The van der Waals surface area contributed by atoms with Gasteiger partial charge in [0.1, 0.15) is 28.5 Å². The van der Waals surface area contributed by atoms with Gasteiger partial charge in [0.05, 0.1) is 0 Å². The van der Waals surface area contributed by atoms with Crippen molar-refractivity contribution in [1.29, 1.82) is 0 Å². The molecule has 0 atom stereocenters. The van der Waals surface area contributed by atoms with Crippen molar-refractivity contribution in [2.45, 2.75) is 0 Å². The third kappa shape index (κ3) is 4.29. The number of thiazole rings is 1. The lowest BCUT2D eigenvalue weighted by Crippen LogP contribution is -2.49. The first-order valence-corrected chi connectivity index (χ1v) is 9.97. The summed E-state index contributed by atoms with van der Waals surface area (Å²) in [6, 6.07) is 7.60. The Labute approximate surface area is 172 Å². The summed E-state index contributed by atoms with van der Waals surface area (Å²) in [7, 11) is 1.54. The molecule has 0 aliphatic carbocycles. The zero-order chi connectivity index (χ0) is 20.2. The van der Waals surface area contributed by atoms with Crippen LogP contribution in [0, 0.1) is 12.3 Å². The second-order valence-corrected chi connectivity index (χ2v) is 7.49. The van der Waals surface area contributed by atoms with E-state index in [1.165, 1.54) is 18.4 Å². The Kier molecular flexibility index (Phi) is 5.55. The number of pyridine rings is 2. The van der Waals surface area contributed by atoms with E-state index in [2.05, 4.69) is 31.1 Å². The van der Waals surface area contributed by atoms with Crippen LogP contribution < -0.4 is 10.2 Å². The summed E-state index contributed by atoms with van der Waals surface area (Å²) in [6.45, 7) is 3.00. The lowest BCUT2D eigenvalue weighted by atomic mass is 10.2. The fraction of sp³-hybridized carbons (Fsp3) is 0.300. The average Bonchev–Trinajstić information content (AvgIpc) is 3.15. The van der Waals surface area contributed by atoms with Gasteiger partial charge in [0.15, 0.2) is 5.13 Å². The molecule has 3 aromatic heterocycles. The largest absolute Gasteiger partial charge is 0.375 e. The maximum absolute atomic E-state index is 12.0. The number of carbonyl (C=O) groups is 1. The van der Waals surface area contributed by atoms with Gasteiger partial charge in [-0.1, -0.05) is 17.3 Å². The molecule has 4 heterocycles. The first-order valence-electron chi connectivity index (χ1n) is 9.15. The Balaban J connectivity index is 1.44. The number of rotatable bonds is 5. The van der Waals surface area contributed by atoms with Gasteiger partial charge in [-0.25, -0.2) is 15.0 Å². The van der Waals surface area contributed by atoms with Gasteiger partial charge >= 0.3 is 0 Å². The SMILES string of the molecule is C#Cc1ccc2nc(Nc3cc(N4CCN(C(=O)COC)CC4)ccn3)sc2n1. The lowest BCUT2D eigenvalue weighted by molar-refractivity contribution is -0.135. The Hall–Kier alpha value is -3.22. The molecule has 0 radical (unpaired) electrons. The number of hydrogen-bond donors (Lipinski definition) is 1. The molecule has 1 amide bonds. The highest BCUT2D eigenvalue weighted by Crippen LogP contribution is 2.28. The second-order valence-electron chi connectivity index (χ2n) is 6.51. The van der Waals surface area contributed by atoms with Crippen LogP contribution in [0.25, 0.3) is 10.3 Å². The highest BCUT2D eigenvalue weighted by atomic mass is 32.1. The van der Waals surface area contributed by atoms with E-state index < -0.39 is 0 Å². The number of anilines is 3. The minimum Gasteiger partial charge on any atom is -0.375 e. The van der Waals surface area contributed by atoms with Crippen molar-refractivity contribution in [3.8, 4) is 12.3 Å². The van der Waals surface area contributed by atoms with Crippen molar-refractivity contribution < 1.29 is 9.53 Å². The van der Waals surface area contributed by atoms with Crippen molar-refractivity contribution >= 4 is 44.2 Å². The number of carbonyl (C=O) groups excluding carboxylic acids is 1. The summed E-state index contributed by atoms with van der Waals surface area (Å²) in [4.78, 5) is 30.1. The summed E-state index contributed by atoms with van der Waals surface area (Å²) in [5.74, 6) is 3.27. The maximum atomic E-state index is 12.0. The molecule has 9 heteroatoms. The van der Waals surface area contributed by atoms with Crippen LogP contribution in [0.1, 0.15) is 5.69 Å². The molecular weight excluding hydrogens is 388 g/mol. The molecule has 3 aromatic rings. The molecular formula is C20H20N6O2S. The van der Waals surface area contributed by atoms with Crippen LogP contribution in [-0.2, 0) is 9.53 Å². The number of methoxy groups -OCH3 is 1. The Morgan fingerprint density at radius 2 is 2.10 bits per heavy atom. The quantitative estimate of drug-likeness (QED) is 0.648. The van der Waals surface area contributed by atoms with Crippen LogP contribution in [0.15, 0.2) is 30.5 Å². The van der Waals surface area contributed by atoms with Gasteiger partial charge in [0.2, 0.25) is 5.91 Å². The number of ether oxygens (including phenoxy) is 1. The highest BCUT2D eigenvalue weighted by Gasteiger charge is 2.21. The van der Waals surface area contributed by atoms with Crippen LogP contribution in [0.4, 0.5) is 16.6 Å². The second kappa shape index (κ2) is 8.43. The summed E-state index contributed by atoms with van der Waals surface area (Å²) < 4.78 is 4.93. The fourth-order valence-electron chi connectivity index (χ4n) is 3.17. The van der Waals surface area contributed by atoms with Gasteiger partial charge in [0.25, 0.3) is 0 Å². The Morgan fingerprint density at radius 3 is 2.86 bits per heavy atom. The summed E-state index contributed by atoms with van der Waals surface area (Å²) in [5, 5.41) is 3.96. The molecule has 148 valence electrons. The Morgan fingerprint density at radius 1 is 1.28 bits per heavy atom. The first kappa shape index (κ1) is 19.1. The molecule has 1 aliphatic rings. The number of hydrogen-bond acceptors (Lipinski definition) is 8. The summed E-state index contributed by atoms with van der Waals surface area (Å²) >= 11 is 1.43. The monoisotopic (exact) mass is 408 g/mol. The highest BCUT2D eigenvalue weighted by molar-refractivity contribution is 7.21. The fourth-order valence-corrected chi connectivity index (χ4v) is 4.02. The molecule has 1 aliphatic heterocycles. The van der Waals surface area contributed by atoms with Gasteiger partial charge < -0.3 is 19.9 Å². The van der Waals surface area contributed by atoms with Crippen molar-refractivity contribution in [3.05, 3.63) is 36.2 Å². The lowest BCUT2D eigenvalue weighted by Gasteiger charge is -2.36. The molecule has 1 saturated heterocycles. The predicted molar refractivity (Wildman–Crippen MR) is 114 cm³/mol. The topological polar surface area (TPSA) is 83.5 Å². The van der Waals surface area contributed by atoms with Gasteiger partial charge in [-0.15, -0.1) is 6.42 Å². The van der Waals surface area contributed by atoms with Crippen LogP contribution >= 0.6 is 11.3 Å². The molecule has 1 fully saturated rings. The van der Waals surface area contributed by atoms with Crippen LogP contribution in [0.2, 0.25) is 0 Å². The van der Waals surface area contributed by atoms with E-state index in [-0.39, 0.29) is 12.5 Å². The number of amides is 1. The van der Waals surface area contributed by atoms with Crippen molar-refractivity contribution in [2.24, 2.45) is 0 Å². The molecule has 8 nitrogen and oxygen atoms in total. The van der Waals surface area contributed by atoms with Crippen molar-refractivity contribution in [3.63, 3.8) is 0 Å². The van der Waals surface area contributed by atoms with E-state index in [1.807, 2.05) is 23.1 Å². The van der Waals surface area contributed by atoms with Crippen molar-refractivity contribution in [2.75, 3.05) is 50.1 Å². The standard InChI is InChI=1S/C20H20N6O2S/c1-3-14-4-5-16-19(22-14)29-20(23-16)24-17-12-15(6-7-21-17)25-8-10-26(11-9-25)18(27)13-28-2/h1,4-7,12H,8-11,13H2,2H3,(H,21,23,24). The Bertz CT molecular complexity index is 1070. The summed E-state index contributed by atoms with van der Waals surface area (Å²) in [6.07, 6.45) is 7.18. The number of fused-ring (bicyclic) bond motifs is 1. The van der Waals surface area contributed by atoms with E-state index >= 15 is 0 Å². The maximum Gasteiger partial charge on any atom is 0.248 e. The smallest absolute Gasteiger partial charge is 0.248 e. The van der Waals surface area contributed by atoms with Gasteiger partial charge in [0, 0.05) is 51.2 Å². The number of piperazine rings is 1. The van der Waals surface area contributed by atoms with Crippen LogP contribution in [0.5, 0.6) is 0 Å². The third-order valence-corrected chi connectivity index (χ3v) is 5.53. The minimum absolute atomic E-state index is 0.0293. The molecule has 0 spiro atoms. The molecule has 1 N–H and O–H groups in total. The van der Waals surface area contributed by atoms with E-state index in [0.29, 0.717) is 29.7 Å². The van der Waals surface area contributed by atoms with E-state index in [1.54, 1.807) is 12.3 Å². The van der Waals surface area contributed by atoms with Crippen LogP contribution in [0.3, 0.4) is 0 Å². The number of terminal acetylenes is 1. The third-order valence-electron chi connectivity index (χ3n) is 4.65. The first-order chi connectivity index (χ1) is 14.2. The van der Waals surface area contributed by atoms with Gasteiger partial charge in [-0.05, 0) is 18.2 Å². The molecule has 4 rings (SSSR count). The molecule has 0 saturated carbocycles. The van der Waals surface area contributed by atoms with Gasteiger partial charge in [-0.3, -0.25) is 4.79 Å². The molecule has 29 heavy (non-hydrogen) atoms. The molecule has 0 bridgehead atoms. The predicted octanol–water partition coefficient (Wildman–Crippen LogP) is 2.11. The van der Waals surface area contributed by atoms with Crippen molar-refractivity contribution in [1.82, 2.24) is 19.9 Å². The molecule has 0 aromatic carbocycles. The van der Waals surface area contributed by atoms with E-state index in [9.17, 15) is 4.79 Å².